The van der Waals surface area contributed by atoms with Gasteiger partial charge in [-0.05, 0) is 42.3 Å². The van der Waals surface area contributed by atoms with Gasteiger partial charge < -0.3 is 9.84 Å². The Balaban J connectivity index is 1.81. The first kappa shape index (κ1) is 17.1. The smallest absolute Gasteiger partial charge is 0.251 e. The Hall–Kier alpha value is -2.73. The second kappa shape index (κ2) is 7.44. The molecule has 0 saturated heterocycles. The van der Waals surface area contributed by atoms with Crippen LogP contribution >= 0.6 is 11.6 Å². The summed E-state index contributed by atoms with van der Waals surface area (Å²) in [6.07, 6.45) is 3.32. The van der Waals surface area contributed by atoms with E-state index in [9.17, 15) is 4.79 Å². The Labute approximate surface area is 150 Å². The number of rotatable bonds is 5. The summed E-state index contributed by atoms with van der Waals surface area (Å²) in [4.78, 5) is 20.9. The normalized spacial score (nSPS) is 12.2. The van der Waals surface area contributed by atoms with Crippen LogP contribution in [0.5, 0.6) is 0 Å². The van der Waals surface area contributed by atoms with Crippen molar-refractivity contribution in [2.75, 3.05) is 0 Å². The van der Waals surface area contributed by atoms with Crippen LogP contribution in [-0.2, 0) is 0 Å². The third kappa shape index (κ3) is 4.03. The third-order valence-electron chi connectivity index (χ3n) is 3.71. The van der Waals surface area contributed by atoms with Crippen LogP contribution in [0.4, 0.5) is 0 Å². The van der Waals surface area contributed by atoms with Crippen molar-refractivity contribution in [3.63, 3.8) is 0 Å². The molecule has 3 aromatic rings. The lowest BCUT2D eigenvalue weighted by molar-refractivity contribution is 0.0914. The zero-order valence-corrected chi connectivity index (χ0v) is 14.6. The van der Waals surface area contributed by atoms with Crippen molar-refractivity contribution < 1.29 is 9.32 Å². The van der Waals surface area contributed by atoms with Crippen LogP contribution in [-0.4, -0.2) is 21.0 Å². The summed E-state index contributed by atoms with van der Waals surface area (Å²) < 4.78 is 5.38. The molecule has 0 bridgehead atoms. The van der Waals surface area contributed by atoms with Crippen molar-refractivity contribution in [3.05, 3.63) is 65.3 Å². The third-order valence-corrected chi connectivity index (χ3v) is 3.96. The summed E-state index contributed by atoms with van der Waals surface area (Å²) in [7, 11) is 0. The lowest BCUT2D eigenvalue weighted by Crippen LogP contribution is -2.32. The van der Waals surface area contributed by atoms with Crippen LogP contribution in [0.2, 0.25) is 5.02 Å². The number of aromatic nitrogens is 3. The molecule has 25 heavy (non-hydrogen) atoms. The molecule has 0 aliphatic heterocycles. The summed E-state index contributed by atoms with van der Waals surface area (Å²) in [6, 6.07) is 9.89. The number of carbonyl (C=O) groups excluding carboxylic acids is 1. The molecule has 1 atom stereocenters. The van der Waals surface area contributed by atoms with Gasteiger partial charge in [0.05, 0.1) is 0 Å². The Kier molecular flexibility index (Phi) is 5.09. The Morgan fingerprint density at radius 3 is 2.44 bits per heavy atom. The van der Waals surface area contributed by atoms with E-state index in [2.05, 4.69) is 20.4 Å². The molecule has 128 valence electrons. The molecule has 1 amide bonds. The quantitative estimate of drug-likeness (QED) is 0.749. The molecule has 1 aromatic carbocycles. The van der Waals surface area contributed by atoms with Crippen molar-refractivity contribution in [3.8, 4) is 11.4 Å². The Morgan fingerprint density at radius 2 is 1.80 bits per heavy atom. The van der Waals surface area contributed by atoms with E-state index in [1.165, 1.54) is 0 Å². The van der Waals surface area contributed by atoms with Gasteiger partial charge in [0, 0.05) is 28.5 Å². The molecule has 6 nitrogen and oxygen atoms in total. The first-order valence-electron chi connectivity index (χ1n) is 7.85. The van der Waals surface area contributed by atoms with Crippen LogP contribution < -0.4 is 5.32 Å². The van der Waals surface area contributed by atoms with Crippen molar-refractivity contribution >= 4 is 17.5 Å². The van der Waals surface area contributed by atoms with Crippen molar-refractivity contribution in [1.29, 1.82) is 0 Å². The van der Waals surface area contributed by atoms with Crippen LogP contribution in [0.25, 0.3) is 11.4 Å². The molecular weight excluding hydrogens is 340 g/mol. The molecular formula is C18H17ClN4O2. The monoisotopic (exact) mass is 356 g/mol. The maximum Gasteiger partial charge on any atom is 0.251 e. The first-order chi connectivity index (χ1) is 12.0. The molecule has 0 fully saturated rings. The minimum absolute atomic E-state index is 0.0713. The lowest BCUT2D eigenvalue weighted by Gasteiger charge is -2.18. The largest absolute Gasteiger partial charge is 0.340 e. The highest BCUT2D eigenvalue weighted by atomic mass is 35.5. The van der Waals surface area contributed by atoms with Crippen LogP contribution in [0.15, 0.2) is 53.3 Å². The summed E-state index contributed by atoms with van der Waals surface area (Å²) in [5, 5.41) is 7.52. The van der Waals surface area contributed by atoms with E-state index in [1.54, 1.807) is 48.8 Å². The van der Waals surface area contributed by atoms with Crippen LogP contribution in [0.3, 0.4) is 0 Å². The molecule has 1 N–H and O–H groups in total. The van der Waals surface area contributed by atoms with E-state index in [0.29, 0.717) is 22.3 Å². The number of hydrogen-bond donors (Lipinski definition) is 1. The summed E-state index contributed by atoms with van der Waals surface area (Å²) in [6.45, 7) is 3.95. The average molecular weight is 357 g/mol. The van der Waals surface area contributed by atoms with Gasteiger partial charge >= 0.3 is 0 Å². The molecule has 0 aliphatic rings. The summed E-state index contributed by atoms with van der Waals surface area (Å²) >= 11 is 5.86. The minimum Gasteiger partial charge on any atom is -0.340 e. The van der Waals surface area contributed by atoms with Gasteiger partial charge in [0.25, 0.3) is 5.91 Å². The van der Waals surface area contributed by atoms with Gasteiger partial charge in [-0.15, -0.1) is 0 Å². The average Bonchev–Trinajstić information content (AvgIpc) is 3.10. The topological polar surface area (TPSA) is 80.9 Å². The predicted molar refractivity (Wildman–Crippen MR) is 94.0 cm³/mol. The van der Waals surface area contributed by atoms with Gasteiger partial charge in [0.1, 0.15) is 6.04 Å². The maximum absolute atomic E-state index is 12.5. The van der Waals surface area contributed by atoms with Crippen molar-refractivity contribution in [2.24, 2.45) is 5.92 Å². The highest BCUT2D eigenvalue weighted by Crippen LogP contribution is 2.24. The second-order valence-electron chi connectivity index (χ2n) is 5.89. The fraction of sp³-hybridized carbons (Fsp3) is 0.222. The van der Waals surface area contributed by atoms with Gasteiger partial charge in [-0.1, -0.05) is 30.6 Å². The SMILES string of the molecule is CC(C)C(NC(=O)c1ccc(Cl)cc1)c1nc(-c2ccncc2)no1. The lowest BCUT2D eigenvalue weighted by atomic mass is 10.0. The van der Waals surface area contributed by atoms with Gasteiger partial charge in [0.15, 0.2) is 0 Å². The number of benzene rings is 1. The molecule has 2 aromatic heterocycles. The van der Waals surface area contributed by atoms with Crippen LogP contribution in [0.1, 0.15) is 36.1 Å². The maximum atomic E-state index is 12.5. The standard InChI is InChI=1S/C18H17ClN4O2/c1-11(2)15(21-17(24)13-3-5-14(19)6-4-13)18-22-16(23-25-18)12-7-9-20-10-8-12/h3-11,15H,1-2H3,(H,21,24). The van der Waals surface area contributed by atoms with Crippen molar-refractivity contribution in [1.82, 2.24) is 20.4 Å². The van der Waals surface area contributed by atoms with Crippen molar-refractivity contribution in [2.45, 2.75) is 19.9 Å². The molecule has 0 radical (unpaired) electrons. The Bertz CT molecular complexity index is 847. The number of halogens is 1. The van der Waals surface area contributed by atoms with E-state index < -0.39 is 6.04 Å². The van der Waals surface area contributed by atoms with E-state index in [-0.39, 0.29) is 11.8 Å². The number of hydrogen-bond acceptors (Lipinski definition) is 5. The summed E-state index contributed by atoms with van der Waals surface area (Å²) in [5.74, 6) is 0.675. The number of pyridine rings is 1. The van der Waals surface area contributed by atoms with Gasteiger partial charge in [-0.25, -0.2) is 0 Å². The van der Waals surface area contributed by atoms with E-state index in [1.807, 2.05) is 13.8 Å². The fourth-order valence-electron chi connectivity index (χ4n) is 2.32. The highest BCUT2D eigenvalue weighted by molar-refractivity contribution is 6.30. The molecule has 1 unspecified atom stereocenters. The number of carbonyl (C=O) groups is 1. The van der Waals surface area contributed by atoms with E-state index in [4.69, 9.17) is 16.1 Å². The number of nitrogens with zero attached hydrogens (tertiary/aromatic N) is 3. The number of amides is 1. The fourth-order valence-corrected chi connectivity index (χ4v) is 2.45. The molecule has 3 rings (SSSR count). The molecule has 2 heterocycles. The zero-order valence-electron chi connectivity index (χ0n) is 13.8. The van der Waals surface area contributed by atoms with Gasteiger partial charge in [0.2, 0.25) is 11.7 Å². The Morgan fingerprint density at radius 1 is 1.12 bits per heavy atom. The van der Waals surface area contributed by atoms with E-state index in [0.717, 1.165) is 5.56 Å². The zero-order chi connectivity index (χ0) is 17.8. The minimum atomic E-state index is -0.397. The van der Waals surface area contributed by atoms with Crippen LogP contribution in [0, 0.1) is 5.92 Å². The summed E-state index contributed by atoms with van der Waals surface area (Å²) in [5.41, 5.74) is 1.32. The van der Waals surface area contributed by atoms with E-state index >= 15 is 0 Å². The molecule has 0 aliphatic carbocycles. The first-order valence-corrected chi connectivity index (χ1v) is 8.23. The predicted octanol–water partition coefficient (Wildman–Crippen LogP) is 3.91. The van der Waals surface area contributed by atoms with Gasteiger partial charge in [-0.2, -0.15) is 4.98 Å². The second-order valence-corrected chi connectivity index (χ2v) is 6.33. The number of nitrogens with one attached hydrogen (secondary N) is 1. The molecule has 0 saturated carbocycles. The molecule has 7 heteroatoms. The highest BCUT2D eigenvalue weighted by Gasteiger charge is 2.25. The molecule has 0 spiro atoms. The van der Waals surface area contributed by atoms with Gasteiger partial charge in [-0.3, -0.25) is 9.78 Å².